The number of ether oxygens (including phenoxy) is 2. The minimum Gasteiger partial charge on any atom is -0.486 e. The van der Waals surface area contributed by atoms with E-state index in [1.165, 1.54) is 0 Å². The Hall–Kier alpha value is -1.14. The predicted molar refractivity (Wildman–Crippen MR) is 88.5 cm³/mol. The molecule has 2 aromatic heterocycles. The van der Waals surface area contributed by atoms with Gasteiger partial charge in [-0.05, 0) is 49.0 Å². The van der Waals surface area contributed by atoms with Gasteiger partial charge in [-0.2, -0.15) is 4.39 Å². The summed E-state index contributed by atoms with van der Waals surface area (Å²) in [6.07, 6.45) is 6.43. The third-order valence-electron chi connectivity index (χ3n) is 5.16. The normalized spacial score (nSPS) is 30.5. The maximum Gasteiger partial charge on any atom is 0.209 e. The molecule has 2 aromatic rings. The van der Waals surface area contributed by atoms with Crippen LogP contribution in [0.2, 0.25) is 0 Å². The SMILES string of the molecule is CCC(C)Oc1c(Br)cn2cc(C34COC(C)(C3)C4)nc2c1F. The quantitative estimate of drug-likeness (QED) is 0.793. The van der Waals surface area contributed by atoms with Crippen LogP contribution in [0.4, 0.5) is 4.39 Å². The number of fused-ring (bicyclic) bond motifs is 2. The van der Waals surface area contributed by atoms with Crippen LogP contribution in [0.3, 0.4) is 0 Å². The second kappa shape index (κ2) is 4.93. The second-order valence-corrected chi connectivity index (χ2v) is 8.04. The van der Waals surface area contributed by atoms with Gasteiger partial charge in [-0.15, -0.1) is 0 Å². The zero-order chi connectivity index (χ0) is 16.4. The lowest BCUT2D eigenvalue weighted by molar-refractivity contribution is 0.0154. The number of hydrogen-bond donors (Lipinski definition) is 0. The van der Waals surface area contributed by atoms with Gasteiger partial charge in [0.25, 0.3) is 0 Å². The van der Waals surface area contributed by atoms with Crippen LogP contribution in [-0.2, 0) is 10.2 Å². The molecule has 5 rings (SSSR count). The molecule has 1 saturated carbocycles. The highest BCUT2D eigenvalue weighted by molar-refractivity contribution is 9.10. The number of pyridine rings is 1. The molecule has 0 radical (unpaired) electrons. The molecule has 0 N–H and O–H groups in total. The van der Waals surface area contributed by atoms with Gasteiger partial charge < -0.3 is 13.9 Å². The van der Waals surface area contributed by atoms with E-state index in [0.29, 0.717) is 16.7 Å². The van der Waals surface area contributed by atoms with Crippen molar-refractivity contribution in [2.24, 2.45) is 0 Å². The first-order chi connectivity index (χ1) is 10.9. The van der Waals surface area contributed by atoms with E-state index in [1.54, 1.807) is 4.40 Å². The van der Waals surface area contributed by atoms with Gasteiger partial charge in [0.1, 0.15) is 0 Å². The Morgan fingerprint density at radius 2 is 2.22 bits per heavy atom. The molecule has 3 aliphatic rings. The summed E-state index contributed by atoms with van der Waals surface area (Å²) in [6.45, 7) is 6.74. The predicted octanol–water partition coefficient (Wildman–Crippen LogP) is 4.23. The number of imidazole rings is 1. The molecule has 1 aliphatic carbocycles. The fourth-order valence-electron chi connectivity index (χ4n) is 3.84. The van der Waals surface area contributed by atoms with Gasteiger partial charge in [-0.1, -0.05) is 6.92 Å². The molecular formula is C17H20BrFN2O2. The second-order valence-electron chi connectivity index (χ2n) is 7.19. The van der Waals surface area contributed by atoms with Crippen molar-refractivity contribution >= 4 is 21.6 Å². The third-order valence-corrected chi connectivity index (χ3v) is 5.72. The van der Waals surface area contributed by atoms with E-state index >= 15 is 0 Å². The Balaban J connectivity index is 1.76. The first kappa shape index (κ1) is 15.4. The Bertz CT molecular complexity index is 782. The number of hydrogen-bond acceptors (Lipinski definition) is 3. The fraction of sp³-hybridized carbons (Fsp3) is 0.588. The monoisotopic (exact) mass is 382 g/mol. The summed E-state index contributed by atoms with van der Waals surface area (Å²) in [5.41, 5.74) is 1.17. The molecule has 124 valence electrons. The molecule has 6 heteroatoms. The van der Waals surface area contributed by atoms with E-state index in [2.05, 4.69) is 27.8 Å². The van der Waals surface area contributed by atoms with Crippen molar-refractivity contribution in [3.63, 3.8) is 0 Å². The van der Waals surface area contributed by atoms with Gasteiger partial charge in [0, 0.05) is 17.8 Å². The van der Waals surface area contributed by atoms with Crippen LogP contribution in [0.1, 0.15) is 45.7 Å². The molecule has 23 heavy (non-hydrogen) atoms. The van der Waals surface area contributed by atoms with E-state index in [4.69, 9.17) is 9.47 Å². The topological polar surface area (TPSA) is 35.8 Å². The number of rotatable bonds is 4. The van der Waals surface area contributed by atoms with Gasteiger partial charge in [-0.3, -0.25) is 0 Å². The van der Waals surface area contributed by atoms with Gasteiger partial charge in [0.15, 0.2) is 11.4 Å². The minimum absolute atomic E-state index is 0.0141. The highest BCUT2D eigenvalue weighted by Gasteiger charge is 2.61. The van der Waals surface area contributed by atoms with E-state index < -0.39 is 5.82 Å². The third kappa shape index (κ3) is 2.22. The van der Waals surface area contributed by atoms with Gasteiger partial charge in [0.2, 0.25) is 5.82 Å². The highest BCUT2D eigenvalue weighted by Crippen LogP contribution is 2.58. The molecule has 2 saturated heterocycles. The fourth-order valence-corrected chi connectivity index (χ4v) is 4.33. The molecule has 2 bridgehead atoms. The van der Waals surface area contributed by atoms with E-state index in [0.717, 1.165) is 25.0 Å². The van der Waals surface area contributed by atoms with Crippen molar-refractivity contribution < 1.29 is 13.9 Å². The molecule has 1 unspecified atom stereocenters. The number of nitrogens with zero attached hydrogens (tertiary/aromatic N) is 2. The standard InChI is InChI=1S/C17H20BrFN2O2/c1-4-10(2)23-14-11(18)5-21-6-12(20-15(21)13(14)19)17-7-16(3,8-17)22-9-17/h5-6,10H,4,7-9H2,1-3H3. The highest BCUT2D eigenvalue weighted by atomic mass is 79.9. The molecule has 0 amide bonds. The zero-order valence-corrected chi connectivity index (χ0v) is 15.1. The first-order valence-corrected chi connectivity index (χ1v) is 8.83. The van der Waals surface area contributed by atoms with Crippen LogP contribution in [0.15, 0.2) is 16.9 Å². The molecule has 0 aromatic carbocycles. The Labute approximate surface area is 143 Å². The van der Waals surface area contributed by atoms with Gasteiger partial charge in [0.05, 0.1) is 28.5 Å². The Morgan fingerprint density at radius 1 is 1.48 bits per heavy atom. The van der Waals surface area contributed by atoms with Crippen LogP contribution < -0.4 is 4.74 Å². The molecule has 2 aliphatic heterocycles. The Morgan fingerprint density at radius 3 is 2.83 bits per heavy atom. The molecular weight excluding hydrogens is 363 g/mol. The van der Waals surface area contributed by atoms with Crippen LogP contribution in [0.25, 0.3) is 5.65 Å². The lowest BCUT2D eigenvalue weighted by Crippen LogP contribution is -2.45. The summed E-state index contributed by atoms with van der Waals surface area (Å²) in [5, 5.41) is 0. The minimum atomic E-state index is -0.414. The van der Waals surface area contributed by atoms with Crippen molar-refractivity contribution in [3.8, 4) is 5.75 Å². The van der Waals surface area contributed by atoms with Crippen molar-refractivity contribution in [1.82, 2.24) is 9.38 Å². The van der Waals surface area contributed by atoms with Crippen molar-refractivity contribution in [3.05, 3.63) is 28.4 Å². The van der Waals surface area contributed by atoms with Crippen molar-refractivity contribution in [2.75, 3.05) is 6.61 Å². The van der Waals surface area contributed by atoms with Crippen LogP contribution in [0, 0.1) is 5.82 Å². The maximum absolute atomic E-state index is 14.9. The summed E-state index contributed by atoms with van der Waals surface area (Å²) in [7, 11) is 0. The van der Waals surface area contributed by atoms with Gasteiger partial charge in [-0.25, -0.2) is 4.98 Å². The summed E-state index contributed by atoms with van der Waals surface area (Å²) < 4.78 is 28.8. The van der Waals surface area contributed by atoms with Crippen molar-refractivity contribution in [1.29, 1.82) is 0 Å². The summed E-state index contributed by atoms with van der Waals surface area (Å²) in [6, 6.07) is 0. The van der Waals surface area contributed by atoms with Gasteiger partial charge >= 0.3 is 0 Å². The largest absolute Gasteiger partial charge is 0.486 e. The zero-order valence-electron chi connectivity index (χ0n) is 13.5. The van der Waals surface area contributed by atoms with Crippen LogP contribution >= 0.6 is 15.9 Å². The smallest absolute Gasteiger partial charge is 0.209 e. The molecule has 1 atom stereocenters. The Kier molecular flexibility index (Phi) is 3.30. The van der Waals surface area contributed by atoms with E-state index in [-0.39, 0.29) is 22.9 Å². The molecule has 0 spiro atoms. The maximum atomic E-state index is 14.9. The lowest BCUT2D eigenvalue weighted by atomic mass is 9.62. The average Bonchev–Trinajstić information content (AvgIpc) is 3.13. The summed E-state index contributed by atoms with van der Waals surface area (Å²) in [4.78, 5) is 4.58. The number of aromatic nitrogens is 2. The van der Waals surface area contributed by atoms with E-state index in [9.17, 15) is 4.39 Å². The van der Waals surface area contributed by atoms with Crippen molar-refractivity contribution in [2.45, 2.75) is 57.2 Å². The average molecular weight is 383 g/mol. The summed E-state index contributed by atoms with van der Waals surface area (Å²) >= 11 is 3.41. The lowest BCUT2D eigenvalue weighted by Gasteiger charge is -2.41. The van der Waals surface area contributed by atoms with Crippen LogP contribution in [0.5, 0.6) is 5.75 Å². The van der Waals surface area contributed by atoms with Crippen LogP contribution in [-0.4, -0.2) is 27.7 Å². The van der Waals surface area contributed by atoms with E-state index in [1.807, 2.05) is 26.2 Å². The number of halogens is 2. The summed E-state index contributed by atoms with van der Waals surface area (Å²) in [5.74, 6) is -0.175. The first-order valence-electron chi connectivity index (χ1n) is 8.04. The molecule has 4 heterocycles. The molecule has 3 fully saturated rings. The molecule has 4 nitrogen and oxygen atoms in total.